The van der Waals surface area contributed by atoms with Crippen molar-refractivity contribution in [2.24, 2.45) is 7.05 Å². The van der Waals surface area contributed by atoms with Gasteiger partial charge in [-0.3, -0.25) is 9.48 Å². The second kappa shape index (κ2) is 12.0. The number of rotatable bonds is 10. The van der Waals surface area contributed by atoms with Gasteiger partial charge in [0, 0.05) is 36.7 Å². The topological polar surface area (TPSA) is 97.2 Å². The van der Waals surface area contributed by atoms with Crippen LogP contribution in [-0.4, -0.2) is 64.3 Å². The molecule has 0 fully saturated rings. The summed E-state index contributed by atoms with van der Waals surface area (Å²) < 4.78 is 7.56. The molecule has 1 aliphatic rings. The Balaban J connectivity index is 1.63. The first kappa shape index (κ1) is 26.4. The van der Waals surface area contributed by atoms with Gasteiger partial charge in [-0.25, -0.2) is 9.97 Å². The largest absolute Gasteiger partial charge is 0.495 e. The van der Waals surface area contributed by atoms with Gasteiger partial charge in [0.05, 0.1) is 35.8 Å². The van der Waals surface area contributed by atoms with Crippen LogP contribution in [0.5, 0.6) is 0 Å². The van der Waals surface area contributed by atoms with E-state index in [2.05, 4.69) is 25.6 Å². The second-order valence-electron chi connectivity index (χ2n) is 9.11. The van der Waals surface area contributed by atoms with Crippen molar-refractivity contribution in [1.82, 2.24) is 30.0 Å². The summed E-state index contributed by atoms with van der Waals surface area (Å²) in [4.78, 5) is 23.7. The minimum Gasteiger partial charge on any atom is -0.495 e. The molecule has 3 aromatic rings. The molecule has 1 aromatic carbocycles. The molecule has 0 aliphatic heterocycles. The van der Waals surface area contributed by atoms with Gasteiger partial charge in [-0.1, -0.05) is 29.8 Å². The van der Waals surface area contributed by atoms with Crippen LogP contribution in [0.15, 0.2) is 71.2 Å². The van der Waals surface area contributed by atoms with Crippen molar-refractivity contribution in [3.8, 4) is 11.4 Å². The molecule has 194 valence electrons. The number of ether oxygens (including phenoxy) is 1. The molecule has 0 radical (unpaired) electrons. The van der Waals surface area contributed by atoms with E-state index in [1.807, 2.05) is 62.2 Å². The summed E-state index contributed by atoms with van der Waals surface area (Å²) >= 11 is 5.63. The molecule has 0 saturated carbocycles. The van der Waals surface area contributed by atoms with E-state index < -0.39 is 0 Å². The molecule has 1 atom stereocenters. The van der Waals surface area contributed by atoms with Crippen LogP contribution in [0.1, 0.15) is 19.3 Å². The van der Waals surface area contributed by atoms with Crippen LogP contribution in [0, 0.1) is 0 Å². The summed E-state index contributed by atoms with van der Waals surface area (Å²) in [5.74, 6) is 0.876. The fourth-order valence-electron chi connectivity index (χ4n) is 4.49. The highest BCUT2D eigenvalue weighted by Gasteiger charge is 2.26. The van der Waals surface area contributed by atoms with E-state index in [1.165, 1.54) is 11.6 Å². The number of hydrogen-bond acceptors (Lipinski definition) is 7. The first-order chi connectivity index (χ1) is 17.9. The number of carbonyl (C=O) groups excluding carboxylic acids is 1. The van der Waals surface area contributed by atoms with E-state index in [4.69, 9.17) is 21.3 Å². The van der Waals surface area contributed by atoms with Gasteiger partial charge in [0.2, 0.25) is 11.9 Å². The maximum atomic E-state index is 12.4. The van der Waals surface area contributed by atoms with Gasteiger partial charge in [-0.05, 0) is 57.3 Å². The molecule has 1 unspecified atom stereocenters. The number of aryl methyl sites for hydroxylation is 1. The number of benzene rings is 1. The zero-order valence-corrected chi connectivity index (χ0v) is 22.3. The Morgan fingerprint density at radius 2 is 2.11 bits per heavy atom. The number of halogens is 1. The van der Waals surface area contributed by atoms with Gasteiger partial charge in [-0.15, -0.1) is 0 Å². The molecule has 1 aliphatic carbocycles. The zero-order chi connectivity index (χ0) is 26.4. The first-order valence-electron chi connectivity index (χ1n) is 12.1. The third-order valence-corrected chi connectivity index (χ3v) is 6.32. The van der Waals surface area contributed by atoms with E-state index in [9.17, 15) is 4.79 Å². The van der Waals surface area contributed by atoms with Crippen molar-refractivity contribution < 1.29 is 9.53 Å². The van der Waals surface area contributed by atoms with Crippen molar-refractivity contribution in [2.75, 3.05) is 33.1 Å². The number of methoxy groups -OCH3 is 1. The highest BCUT2D eigenvalue weighted by atomic mass is 35.5. The predicted octanol–water partition coefficient (Wildman–Crippen LogP) is 4.21. The fourth-order valence-corrected chi connectivity index (χ4v) is 4.60. The van der Waals surface area contributed by atoms with Crippen molar-refractivity contribution in [3.63, 3.8) is 0 Å². The molecule has 2 aromatic heterocycles. The van der Waals surface area contributed by atoms with E-state index >= 15 is 0 Å². The monoisotopic (exact) mass is 521 g/mol. The Morgan fingerprint density at radius 1 is 1.30 bits per heavy atom. The van der Waals surface area contributed by atoms with Gasteiger partial charge in [-0.2, -0.15) is 5.10 Å². The lowest BCUT2D eigenvalue weighted by Crippen LogP contribution is -2.38. The van der Waals surface area contributed by atoms with E-state index in [0.29, 0.717) is 18.1 Å². The van der Waals surface area contributed by atoms with Crippen molar-refractivity contribution in [1.29, 1.82) is 0 Å². The van der Waals surface area contributed by atoms with Crippen LogP contribution < -0.4 is 10.6 Å². The third kappa shape index (κ3) is 6.36. The van der Waals surface area contributed by atoms with E-state index in [-0.39, 0.29) is 11.9 Å². The van der Waals surface area contributed by atoms with Crippen LogP contribution in [0.3, 0.4) is 0 Å². The molecular formula is C27H32ClN7O2. The third-order valence-electron chi connectivity index (χ3n) is 6.19. The Labute approximate surface area is 221 Å². The summed E-state index contributed by atoms with van der Waals surface area (Å²) in [7, 11) is 7.64. The minimum atomic E-state index is -0.250. The van der Waals surface area contributed by atoms with Crippen molar-refractivity contribution >= 4 is 34.4 Å². The van der Waals surface area contributed by atoms with Crippen LogP contribution in [0.25, 0.3) is 22.3 Å². The van der Waals surface area contributed by atoms with Crippen LogP contribution in [0.4, 0.5) is 5.95 Å². The van der Waals surface area contributed by atoms with Crippen LogP contribution in [0.2, 0.25) is 0 Å². The molecule has 0 spiro atoms. The number of allylic oxidation sites excluding steroid dienone is 1. The van der Waals surface area contributed by atoms with Crippen molar-refractivity contribution in [3.05, 3.63) is 71.2 Å². The maximum Gasteiger partial charge on any atom is 0.245 e. The number of amides is 1. The summed E-state index contributed by atoms with van der Waals surface area (Å²) in [6.45, 7) is 0.944. The molecule has 37 heavy (non-hydrogen) atoms. The first-order valence-corrected chi connectivity index (χ1v) is 12.5. The average Bonchev–Trinajstić information content (AvgIpc) is 3.21. The maximum absolute atomic E-state index is 12.4. The number of fused-ring (bicyclic) bond motifs is 1. The Kier molecular flexibility index (Phi) is 8.58. The summed E-state index contributed by atoms with van der Waals surface area (Å²) in [6, 6.07) is 9.62. The van der Waals surface area contributed by atoms with E-state index in [0.717, 1.165) is 52.9 Å². The van der Waals surface area contributed by atoms with Gasteiger partial charge >= 0.3 is 0 Å². The summed E-state index contributed by atoms with van der Waals surface area (Å²) in [5.41, 5.74) is 5.65. The molecule has 0 bridgehead atoms. The molecule has 1 amide bonds. The molecule has 2 N–H and O–H groups in total. The van der Waals surface area contributed by atoms with Crippen molar-refractivity contribution in [2.45, 2.75) is 25.3 Å². The summed E-state index contributed by atoms with van der Waals surface area (Å²) in [6.07, 6.45) is 7.31. The fraction of sp³-hybridized carbons (Fsp3) is 0.333. The Bertz CT molecular complexity index is 1360. The van der Waals surface area contributed by atoms with Crippen LogP contribution in [-0.2, 0) is 16.6 Å². The number of carbonyl (C=O) groups is 1. The highest BCUT2D eigenvalue weighted by molar-refractivity contribution is 6.26. The summed E-state index contributed by atoms with van der Waals surface area (Å²) in [5, 5.41) is 12.0. The van der Waals surface area contributed by atoms with Crippen LogP contribution >= 0.6 is 11.6 Å². The zero-order valence-electron chi connectivity index (χ0n) is 21.5. The van der Waals surface area contributed by atoms with Gasteiger partial charge in [0.25, 0.3) is 0 Å². The molecule has 4 rings (SSSR count). The SMILES string of the molecule is COC1=C(Nc2nccc(-c3c4ccccc4nn3C)n2)CC(NC(=O)/C=C/Cl)C(CCCN(C)C)=C1. The highest BCUT2D eigenvalue weighted by Crippen LogP contribution is 2.30. The number of nitrogens with zero attached hydrogens (tertiary/aromatic N) is 5. The lowest BCUT2D eigenvalue weighted by Gasteiger charge is -2.28. The number of hydrogen-bond donors (Lipinski definition) is 2. The number of aromatic nitrogens is 4. The standard InChI is InChI=1S/C27H32ClN7O2/c1-34(2)15-7-8-18-16-24(37-4)23(17-22(18)30-25(36)11-13-28)32-27-29-14-12-21(31-27)26-19-9-5-6-10-20(19)33-35(26)3/h5-6,9-14,16,22H,7-8,15,17H2,1-4H3,(H,30,36)(H,29,31,32)/b13-11+. The molecule has 2 heterocycles. The molecule has 0 saturated heterocycles. The molecular weight excluding hydrogens is 490 g/mol. The lowest BCUT2D eigenvalue weighted by molar-refractivity contribution is -0.117. The number of anilines is 1. The quantitative estimate of drug-likeness (QED) is 0.386. The molecule has 9 nitrogen and oxygen atoms in total. The number of nitrogens with one attached hydrogen (secondary N) is 2. The van der Waals surface area contributed by atoms with Gasteiger partial charge in [0.15, 0.2) is 0 Å². The van der Waals surface area contributed by atoms with Gasteiger partial charge < -0.3 is 20.3 Å². The smallest absolute Gasteiger partial charge is 0.245 e. The minimum absolute atomic E-state index is 0.215. The lowest BCUT2D eigenvalue weighted by atomic mass is 9.91. The average molecular weight is 522 g/mol. The normalized spacial score (nSPS) is 15.9. The predicted molar refractivity (Wildman–Crippen MR) is 147 cm³/mol. The van der Waals surface area contributed by atoms with Gasteiger partial charge in [0.1, 0.15) is 5.76 Å². The van der Waals surface area contributed by atoms with E-state index in [1.54, 1.807) is 13.3 Å². The second-order valence-corrected chi connectivity index (χ2v) is 9.36. The Morgan fingerprint density at radius 3 is 2.86 bits per heavy atom. The Hall–Kier alpha value is -3.69. The molecule has 10 heteroatoms.